The molecule has 3 rings (SSSR count). The van der Waals surface area contributed by atoms with Crippen LogP contribution >= 0.6 is 11.6 Å². The van der Waals surface area contributed by atoms with Gasteiger partial charge in [-0.2, -0.15) is 0 Å². The maximum atomic E-state index is 11.7. The highest BCUT2D eigenvalue weighted by atomic mass is 35.5. The molecule has 5 nitrogen and oxygen atoms in total. The molecule has 0 N–H and O–H groups in total. The van der Waals surface area contributed by atoms with Gasteiger partial charge >= 0.3 is 5.76 Å². The van der Waals surface area contributed by atoms with Crippen LogP contribution < -0.4 is 10.5 Å². The Balaban J connectivity index is 2.06. The quantitative estimate of drug-likeness (QED) is 0.611. The van der Waals surface area contributed by atoms with E-state index in [0.717, 1.165) is 11.1 Å². The van der Waals surface area contributed by atoms with Crippen molar-refractivity contribution in [1.82, 2.24) is 9.55 Å². The van der Waals surface area contributed by atoms with E-state index in [9.17, 15) is 4.79 Å². The molecule has 0 aliphatic carbocycles. The van der Waals surface area contributed by atoms with Crippen LogP contribution in [0.25, 0.3) is 5.57 Å². The fraction of sp³-hybridized carbons (Fsp3) is 0.273. The number of allylic oxidation sites excluding steroid dienone is 1. The Kier molecular flexibility index (Phi) is 5.75. The first kappa shape index (κ1) is 20.0. The van der Waals surface area contributed by atoms with Crippen molar-refractivity contribution in [3.05, 3.63) is 87.3 Å². The molecule has 146 valence electrons. The van der Waals surface area contributed by atoms with Crippen LogP contribution in [0.5, 0.6) is 5.88 Å². The lowest BCUT2D eigenvalue weighted by atomic mass is 9.86. The summed E-state index contributed by atoms with van der Waals surface area (Å²) >= 11 is 6.13. The summed E-state index contributed by atoms with van der Waals surface area (Å²) in [7, 11) is 1.53. The number of aromatic nitrogens is 2. The van der Waals surface area contributed by atoms with Gasteiger partial charge in [-0.25, -0.2) is 9.78 Å². The first-order chi connectivity index (χ1) is 13.3. The Morgan fingerprint density at radius 2 is 1.93 bits per heavy atom. The van der Waals surface area contributed by atoms with Gasteiger partial charge in [0.1, 0.15) is 11.3 Å². The summed E-state index contributed by atoms with van der Waals surface area (Å²) < 4.78 is 11.6. The third kappa shape index (κ3) is 4.37. The van der Waals surface area contributed by atoms with Crippen LogP contribution in [0.1, 0.15) is 37.6 Å². The zero-order valence-electron chi connectivity index (χ0n) is 16.4. The van der Waals surface area contributed by atoms with Crippen LogP contribution in [-0.2, 0) is 12.0 Å². The molecule has 0 aliphatic rings. The molecule has 0 saturated carbocycles. The number of benzene rings is 1. The largest absolute Gasteiger partial charge is 0.480 e. The first-order valence-electron chi connectivity index (χ1n) is 8.95. The van der Waals surface area contributed by atoms with Crippen molar-refractivity contribution in [2.45, 2.75) is 32.7 Å². The molecule has 3 aromatic rings. The Hall–Kier alpha value is -2.79. The number of hydrogen-bond donors (Lipinski definition) is 0. The Morgan fingerprint density at radius 3 is 2.50 bits per heavy atom. The molecule has 2 heterocycles. The zero-order chi connectivity index (χ0) is 20.3. The number of methoxy groups -OCH3 is 1. The maximum absolute atomic E-state index is 11.7. The van der Waals surface area contributed by atoms with Crippen LogP contribution in [-0.4, -0.2) is 16.7 Å². The van der Waals surface area contributed by atoms with Crippen molar-refractivity contribution in [1.29, 1.82) is 0 Å². The molecule has 0 unspecified atom stereocenters. The van der Waals surface area contributed by atoms with E-state index in [1.807, 2.05) is 12.1 Å². The van der Waals surface area contributed by atoms with Gasteiger partial charge in [0.2, 0.25) is 5.88 Å². The normalized spacial score (nSPS) is 12.2. The number of nitrogens with zero attached hydrogens (tertiary/aromatic N) is 2. The summed E-state index contributed by atoms with van der Waals surface area (Å²) in [5, 5.41) is 0.444. The number of halogens is 1. The van der Waals surface area contributed by atoms with Crippen molar-refractivity contribution in [2.24, 2.45) is 0 Å². The summed E-state index contributed by atoms with van der Waals surface area (Å²) in [4.78, 5) is 16.2. The number of ether oxygens (including phenoxy) is 1. The van der Waals surface area contributed by atoms with Gasteiger partial charge in [0, 0.05) is 18.3 Å². The highest BCUT2D eigenvalue weighted by molar-refractivity contribution is 6.31. The monoisotopic (exact) mass is 398 g/mol. The maximum Gasteiger partial charge on any atom is 0.419 e. The highest BCUT2D eigenvalue weighted by Gasteiger charge is 2.15. The third-order valence-corrected chi connectivity index (χ3v) is 4.77. The molecule has 6 heteroatoms. The Bertz CT molecular complexity index is 1040. The second-order valence-corrected chi connectivity index (χ2v) is 7.86. The molecular weight excluding hydrogens is 376 g/mol. The summed E-state index contributed by atoms with van der Waals surface area (Å²) in [6, 6.07) is 11.9. The van der Waals surface area contributed by atoms with Crippen molar-refractivity contribution < 1.29 is 9.15 Å². The smallest absolute Gasteiger partial charge is 0.419 e. The van der Waals surface area contributed by atoms with E-state index >= 15 is 0 Å². The second kappa shape index (κ2) is 8.07. The number of rotatable bonds is 5. The summed E-state index contributed by atoms with van der Waals surface area (Å²) in [6.45, 7) is 6.89. The average Bonchev–Trinajstić information content (AvgIpc) is 3.07. The van der Waals surface area contributed by atoms with E-state index in [1.54, 1.807) is 12.3 Å². The van der Waals surface area contributed by atoms with E-state index in [0.29, 0.717) is 23.1 Å². The van der Waals surface area contributed by atoms with Gasteiger partial charge in [-0.05, 0) is 28.7 Å². The lowest BCUT2D eigenvalue weighted by molar-refractivity contribution is 0.398. The lowest BCUT2D eigenvalue weighted by Crippen LogP contribution is -2.12. The van der Waals surface area contributed by atoms with Gasteiger partial charge in [-0.15, -0.1) is 0 Å². The van der Waals surface area contributed by atoms with Crippen molar-refractivity contribution >= 4 is 17.2 Å². The predicted molar refractivity (Wildman–Crippen MR) is 111 cm³/mol. The molecule has 0 aliphatic heterocycles. The lowest BCUT2D eigenvalue weighted by Gasteiger charge is -2.19. The molecule has 0 amide bonds. The van der Waals surface area contributed by atoms with Crippen molar-refractivity contribution in [3.63, 3.8) is 0 Å². The topological polar surface area (TPSA) is 57.3 Å². The van der Waals surface area contributed by atoms with Crippen molar-refractivity contribution in [3.8, 4) is 5.88 Å². The molecule has 28 heavy (non-hydrogen) atoms. The molecule has 2 aromatic heterocycles. The van der Waals surface area contributed by atoms with Gasteiger partial charge in [0.05, 0.1) is 12.8 Å². The SMILES string of the molecule is COc1nc(/C(=C/Cn2ccoc2=O)c2ccc(C(C)(C)C)cc2)ccc1Cl. The summed E-state index contributed by atoms with van der Waals surface area (Å²) in [6.07, 6.45) is 4.92. The summed E-state index contributed by atoms with van der Waals surface area (Å²) in [5.74, 6) is -0.0443. The van der Waals surface area contributed by atoms with Crippen LogP contribution in [0.4, 0.5) is 0 Å². The van der Waals surface area contributed by atoms with Gasteiger partial charge in [0.15, 0.2) is 0 Å². The molecule has 0 bridgehead atoms. The minimum atomic E-state index is -0.402. The molecule has 0 saturated heterocycles. The minimum Gasteiger partial charge on any atom is -0.480 e. The number of pyridine rings is 1. The summed E-state index contributed by atoms with van der Waals surface area (Å²) in [5.41, 5.74) is 3.88. The molecule has 0 fully saturated rings. The molecule has 0 radical (unpaired) electrons. The van der Waals surface area contributed by atoms with Gasteiger partial charge < -0.3 is 9.15 Å². The van der Waals surface area contributed by atoms with E-state index < -0.39 is 5.76 Å². The molecular formula is C22H23ClN2O3. The van der Waals surface area contributed by atoms with Crippen molar-refractivity contribution in [2.75, 3.05) is 7.11 Å². The van der Waals surface area contributed by atoms with Crippen LogP contribution in [0, 0.1) is 0 Å². The standard InChI is InChI=1S/C22H23ClN2O3/c1-22(2,3)16-7-5-15(6-8-16)17(11-12-25-13-14-28-21(25)26)19-10-9-18(23)20(24-19)27-4/h5-11,13-14H,12H2,1-4H3/b17-11+. The third-order valence-electron chi connectivity index (χ3n) is 4.48. The van der Waals surface area contributed by atoms with E-state index in [1.165, 1.54) is 23.5 Å². The van der Waals surface area contributed by atoms with Gasteiger partial charge in [-0.3, -0.25) is 4.57 Å². The molecule has 0 spiro atoms. The fourth-order valence-electron chi connectivity index (χ4n) is 2.85. The van der Waals surface area contributed by atoms with Crippen LogP contribution in [0.15, 0.2) is 64.1 Å². The molecule has 0 atom stereocenters. The Labute approximate surface area is 169 Å². The second-order valence-electron chi connectivity index (χ2n) is 7.45. The fourth-order valence-corrected chi connectivity index (χ4v) is 3.03. The van der Waals surface area contributed by atoms with E-state index in [4.69, 9.17) is 20.8 Å². The molecule has 1 aromatic carbocycles. The van der Waals surface area contributed by atoms with Crippen LogP contribution in [0.3, 0.4) is 0 Å². The predicted octanol–water partition coefficient (Wildman–Crippen LogP) is 4.93. The Morgan fingerprint density at radius 1 is 1.21 bits per heavy atom. The van der Waals surface area contributed by atoms with Gasteiger partial charge in [-0.1, -0.05) is 62.7 Å². The van der Waals surface area contributed by atoms with Gasteiger partial charge in [0.25, 0.3) is 0 Å². The van der Waals surface area contributed by atoms with Crippen LogP contribution in [0.2, 0.25) is 5.02 Å². The number of oxazole rings is 1. The van der Waals surface area contributed by atoms with E-state index in [-0.39, 0.29) is 5.41 Å². The first-order valence-corrected chi connectivity index (χ1v) is 9.33. The number of hydrogen-bond acceptors (Lipinski definition) is 4. The van der Waals surface area contributed by atoms with E-state index in [2.05, 4.69) is 50.0 Å². The minimum absolute atomic E-state index is 0.0637. The highest BCUT2D eigenvalue weighted by Crippen LogP contribution is 2.30. The average molecular weight is 399 g/mol. The zero-order valence-corrected chi connectivity index (χ0v) is 17.2.